The van der Waals surface area contributed by atoms with Crippen LogP contribution in [-0.2, 0) is 6.54 Å². The third kappa shape index (κ3) is 5.69. The molecule has 9 heteroatoms. The number of ether oxygens (including phenoxy) is 2. The van der Waals surface area contributed by atoms with Gasteiger partial charge < -0.3 is 14.0 Å². The van der Waals surface area contributed by atoms with Crippen LogP contribution in [0.5, 0.6) is 11.5 Å². The Balaban J connectivity index is 0.00000324. The zero-order valence-electron chi connectivity index (χ0n) is 19.6. The predicted octanol–water partition coefficient (Wildman–Crippen LogP) is 5.76. The van der Waals surface area contributed by atoms with Crippen LogP contribution in [0.25, 0.3) is 10.2 Å². The quantitative estimate of drug-likeness (QED) is 0.277. The lowest BCUT2D eigenvalue weighted by Gasteiger charge is -2.21. The number of rotatable bonds is 10. The smallest absolute Gasteiger partial charge is 0.260 e. The number of carbonyl (C=O) groups excluding carboxylic acids is 1. The Kier molecular flexibility index (Phi) is 8.90. The molecule has 2 aromatic carbocycles. The van der Waals surface area contributed by atoms with Crippen molar-refractivity contribution in [2.24, 2.45) is 0 Å². The van der Waals surface area contributed by atoms with Crippen molar-refractivity contribution >= 4 is 45.0 Å². The number of benzene rings is 2. The molecule has 2 heterocycles. The van der Waals surface area contributed by atoms with Crippen LogP contribution in [0.3, 0.4) is 0 Å². The second-order valence-corrected chi connectivity index (χ2v) is 8.57. The van der Waals surface area contributed by atoms with E-state index in [4.69, 9.17) is 14.5 Å². The van der Waals surface area contributed by atoms with Gasteiger partial charge in [-0.15, -0.1) is 12.4 Å². The van der Waals surface area contributed by atoms with Gasteiger partial charge in [0.25, 0.3) is 5.91 Å². The van der Waals surface area contributed by atoms with Gasteiger partial charge in [0, 0.05) is 31.0 Å². The van der Waals surface area contributed by atoms with E-state index in [1.54, 1.807) is 35.6 Å². The Bertz CT molecular complexity index is 1230. The van der Waals surface area contributed by atoms with Crippen molar-refractivity contribution in [3.05, 3.63) is 66.2 Å². The molecule has 7 nitrogen and oxygen atoms in total. The summed E-state index contributed by atoms with van der Waals surface area (Å²) in [6, 6.07) is 11.5. The van der Waals surface area contributed by atoms with Gasteiger partial charge in [-0.05, 0) is 57.0 Å². The first-order valence-electron chi connectivity index (χ1n) is 11.1. The maximum absolute atomic E-state index is 13.7. The first kappa shape index (κ1) is 25.5. The number of thiazole rings is 1. The van der Waals surface area contributed by atoms with E-state index in [0.29, 0.717) is 42.0 Å². The number of imidazole rings is 1. The fourth-order valence-corrected chi connectivity index (χ4v) is 4.71. The molecule has 0 aliphatic carbocycles. The lowest BCUT2D eigenvalue weighted by Crippen LogP contribution is -2.32. The van der Waals surface area contributed by atoms with Crippen LogP contribution in [0.2, 0.25) is 0 Å². The highest BCUT2D eigenvalue weighted by Crippen LogP contribution is 2.33. The molecule has 4 aromatic rings. The van der Waals surface area contributed by atoms with Gasteiger partial charge in [0.2, 0.25) is 0 Å². The summed E-state index contributed by atoms with van der Waals surface area (Å²) in [4.78, 5) is 24.4. The van der Waals surface area contributed by atoms with Crippen molar-refractivity contribution in [2.75, 3.05) is 24.7 Å². The molecule has 34 heavy (non-hydrogen) atoms. The molecule has 0 fully saturated rings. The van der Waals surface area contributed by atoms with Gasteiger partial charge in [0.1, 0.15) is 0 Å². The molecule has 180 valence electrons. The Morgan fingerprint density at radius 2 is 1.91 bits per heavy atom. The van der Waals surface area contributed by atoms with E-state index < -0.39 is 0 Å². The van der Waals surface area contributed by atoms with E-state index in [-0.39, 0.29) is 18.3 Å². The third-order valence-corrected chi connectivity index (χ3v) is 6.28. The molecule has 0 atom stereocenters. The minimum Gasteiger partial charge on any atom is -0.490 e. The van der Waals surface area contributed by atoms with Gasteiger partial charge in [0.15, 0.2) is 16.6 Å². The summed E-state index contributed by atoms with van der Waals surface area (Å²) >= 11 is 1.54. The molecule has 0 radical (unpaired) electrons. The highest BCUT2D eigenvalue weighted by molar-refractivity contribution is 7.22. The maximum atomic E-state index is 13.7. The SMILES string of the molecule is CCOc1ccc(C(=O)N(CCCn2ccnc2)c2nc3c(C)cccc3s2)cc1OCC.Cl. The Labute approximate surface area is 209 Å². The predicted molar refractivity (Wildman–Crippen MR) is 139 cm³/mol. The average Bonchev–Trinajstić information content (AvgIpc) is 3.48. The van der Waals surface area contributed by atoms with Crippen molar-refractivity contribution in [3.8, 4) is 11.5 Å². The molecular weight excluding hydrogens is 472 g/mol. The Morgan fingerprint density at radius 3 is 2.62 bits per heavy atom. The molecule has 2 aromatic heterocycles. The number of nitrogens with zero attached hydrogens (tertiary/aromatic N) is 4. The normalized spacial score (nSPS) is 10.7. The number of hydrogen-bond acceptors (Lipinski definition) is 6. The van der Waals surface area contributed by atoms with Crippen LogP contribution < -0.4 is 14.4 Å². The summed E-state index contributed by atoms with van der Waals surface area (Å²) in [6.07, 6.45) is 6.24. The number of hydrogen-bond donors (Lipinski definition) is 0. The number of amides is 1. The van der Waals surface area contributed by atoms with Gasteiger partial charge in [-0.1, -0.05) is 23.5 Å². The van der Waals surface area contributed by atoms with E-state index in [9.17, 15) is 4.79 Å². The number of halogens is 1. The van der Waals surface area contributed by atoms with Gasteiger partial charge in [0.05, 0.1) is 29.8 Å². The minimum atomic E-state index is -0.110. The Morgan fingerprint density at radius 1 is 1.12 bits per heavy atom. The molecule has 0 saturated carbocycles. The van der Waals surface area contributed by atoms with Crippen LogP contribution in [0, 0.1) is 6.92 Å². The van der Waals surface area contributed by atoms with E-state index in [1.807, 2.05) is 49.7 Å². The summed E-state index contributed by atoms with van der Waals surface area (Å²) in [7, 11) is 0. The van der Waals surface area contributed by atoms with Crippen LogP contribution in [-0.4, -0.2) is 40.2 Å². The van der Waals surface area contributed by atoms with Crippen LogP contribution in [0.4, 0.5) is 5.13 Å². The number of carbonyl (C=O) groups is 1. The summed E-state index contributed by atoms with van der Waals surface area (Å²) < 4.78 is 14.5. The molecule has 0 spiro atoms. The van der Waals surface area contributed by atoms with Crippen LogP contribution in [0.15, 0.2) is 55.1 Å². The van der Waals surface area contributed by atoms with Crippen molar-refractivity contribution in [1.29, 1.82) is 0 Å². The Hall–Kier alpha value is -3.10. The van der Waals surface area contributed by atoms with Crippen molar-refractivity contribution in [3.63, 3.8) is 0 Å². The number of anilines is 1. The van der Waals surface area contributed by atoms with Gasteiger partial charge in [-0.25, -0.2) is 9.97 Å². The molecule has 0 bridgehead atoms. The molecule has 0 aliphatic rings. The number of aromatic nitrogens is 3. The highest BCUT2D eigenvalue weighted by atomic mass is 35.5. The summed E-state index contributed by atoms with van der Waals surface area (Å²) in [6.45, 7) is 8.19. The van der Waals surface area contributed by atoms with Gasteiger partial charge in [-0.3, -0.25) is 9.69 Å². The van der Waals surface area contributed by atoms with Crippen molar-refractivity contribution in [2.45, 2.75) is 33.7 Å². The first-order chi connectivity index (χ1) is 16.1. The molecule has 0 N–H and O–H groups in total. The second-order valence-electron chi connectivity index (χ2n) is 7.56. The molecule has 0 aliphatic heterocycles. The summed E-state index contributed by atoms with van der Waals surface area (Å²) in [5, 5.41) is 0.696. The van der Waals surface area contributed by atoms with E-state index in [2.05, 4.69) is 4.98 Å². The monoisotopic (exact) mass is 500 g/mol. The number of para-hydroxylation sites is 1. The number of aryl methyl sites for hydroxylation is 2. The summed E-state index contributed by atoms with van der Waals surface area (Å²) in [5.41, 5.74) is 2.58. The first-order valence-corrected chi connectivity index (χ1v) is 12.0. The van der Waals surface area contributed by atoms with E-state index in [0.717, 1.165) is 28.7 Å². The van der Waals surface area contributed by atoms with Crippen molar-refractivity contribution in [1.82, 2.24) is 14.5 Å². The second kappa shape index (κ2) is 11.9. The summed E-state index contributed by atoms with van der Waals surface area (Å²) in [5.74, 6) is 1.10. The molecule has 0 saturated heterocycles. The molecule has 1 amide bonds. The number of fused-ring (bicyclic) bond motifs is 1. The molecule has 4 rings (SSSR count). The fraction of sp³-hybridized carbons (Fsp3) is 0.320. The van der Waals surface area contributed by atoms with Crippen molar-refractivity contribution < 1.29 is 14.3 Å². The standard InChI is InChI=1S/C25H28N4O3S.ClH/c1-4-31-20-11-10-19(16-21(20)32-5-2)24(30)29(14-7-13-28-15-12-26-17-28)25-27-23-18(3)8-6-9-22(23)33-25;/h6,8-12,15-17H,4-5,7,13-14H2,1-3H3;1H. The maximum Gasteiger partial charge on any atom is 0.260 e. The average molecular weight is 501 g/mol. The third-order valence-electron chi connectivity index (χ3n) is 5.23. The van der Waals surface area contributed by atoms with E-state index >= 15 is 0 Å². The lowest BCUT2D eigenvalue weighted by atomic mass is 10.1. The zero-order valence-corrected chi connectivity index (χ0v) is 21.2. The van der Waals surface area contributed by atoms with Gasteiger partial charge >= 0.3 is 0 Å². The molecule has 0 unspecified atom stereocenters. The largest absolute Gasteiger partial charge is 0.490 e. The fourth-order valence-electron chi connectivity index (χ4n) is 3.64. The van der Waals surface area contributed by atoms with Crippen LogP contribution >= 0.6 is 23.7 Å². The van der Waals surface area contributed by atoms with E-state index in [1.165, 1.54) is 11.3 Å². The highest BCUT2D eigenvalue weighted by Gasteiger charge is 2.23. The lowest BCUT2D eigenvalue weighted by molar-refractivity contribution is 0.0985. The zero-order chi connectivity index (χ0) is 23.2. The van der Waals surface area contributed by atoms with Gasteiger partial charge in [-0.2, -0.15) is 0 Å². The molecular formula is C25H29ClN4O3S. The topological polar surface area (TPSA) is 69.5 Å². The van der Waals surface area contributed by atoms with Crippen LogP contribution in [0.1, 0.15) is 36.2 Å². The minimum absolute atomic E-state index is 0.